The Hall–Kier alpha value is -3.29. The maximum atomic E-state index is 13.9. The predicted octanol–water partition coefficient (Wildman–Crippen LogP) is 4.10. The van der Waals surface area contributed by atoms with Crippen LogP contribution in [0.15, 0.2) is 41.4 Å². The number of aromatic nitrogens is 2. The SMILES string of the molecule is C[C@@H](CO)NS(=O)(=O)c1ccc(C(=O)Nc2cc3ccn(C)c3c(N3CCC(F)(F)CC3)n2)c(N2CCC3(CC2)CC3)c1. The van der Waals surface area contributed by atoms with Gasteiger partial charge < -0.3 is 24.8 Å². The van der Waals surface area contributed by atoms with Gasteiger partial charge in [-0.2, -0.15) is 0 Å². The summed E-state index contributed by atoms with van der Waals surface area (Å²) in [6.45, 7) is 2.94. The van der Waals surface area contributed by atoms with Gasteiger partial charge in [0.1, 0.15) is 5.82 Å². The number of aliphatic hydroxyl groups is 1. The Bertz CT molecular complexity index is 1640. The minimum absolute atomic E-state index is 0.0130. The summed E-state index contributed by atoms with van der Waals surface area (Å²) >= 11 is 0. The van der Waals surface area contributed by atoms with Gasteiger partial charge in [0.15, 0.2) is 5.82 Å². The molecule has 2 saturated heterocycles. The number of anilines is 3. The van der Waals surface area contributed by atoms with Gasteiger partial charge in [0.25, 0.3) is 11.8 Å². The number of nitrogens with one attached hydrogen (secondary N) is 2. The third-order valence-corrected chi connectivity index (χ3v) is 10.7. The number of carbonyl (C=O) groups excluding carboxylic acids is 1. The van der Waals surface area contributed by atoms with E-state index in [0.717, 1.165) is 23.7 Å². The quantitative estimate of drug-likeness (QED) is 0.349. The Morgan fingerprint density at radius 1 is 1.02 bits per heavy atom. The molecule has 1 aliphatic carbocycles. The van der Waals surface area contributed by atoms with Crippen molar-refractivity contribution >= 4 is 44.2 Å². The van der Waals surface area contributed by atoms with Crippen molar-refractivity contribution in [3.05, 3.63) is 42.1 Å². The van der Waals surface area contributed by atoms with Crippen molar-refractivity contribution in [2.45, 2.75) is 62.3 Å². The highest BCUT2D eigenvalue weighted by atomic mass is 32.2. The topological polar surface area (TPSA) is 120 Å². The lowest BCUT2D eigenvalue weighted by molar-refractivity contribution is -0.0221. The molecule has 3 aliphatic rings. The number of alkyl halides is 2. The monoisotopic (exact) mass is 616 g/mol. The summed E-state index contributed by atoms with van der Waals surface area (Å²) in [5.41, 5.74) is 2.01. The minimum atomic E-state index is -3.93. The van der Waals surface area contributed by atoms with Crippen molar-refractivity contribution in [1.29, 1.82) is 0 Å². The van der Waals surface area contributed by atoms with E-state index in [1.54, 1.807) is 13.0 Å². The van der Waals surface area contributed by atoms with Crippen LogP contribution in [0.4, 0.5) is 26.1 Å². The summed E-state index contributed by atoms with van der Waals surface area (Å²) in [6.07, 6.45) is 5.71. The lowest BCUT2D eigenvalue weighted by Gasteiger charge is -2.35. The second-order valence-corrected chi connectivity index (χ2v) is 14.1. The fraction of sp³-hybridized carbons (Fsp3) is 0.533. The van der Waals surface area contributed by atoms with Crippen molar-refractivity contribution < 1.29 is 27.1 Å². The lowest BCUT2D eigenvalue weighted by atomic mass is 9.93. The predicted molar refractivity (Wildman–Crippen MR) is 161 cm³/mol. The van der Waals surface area contributed by atoms with Crippen LogP contribution < -0.4 is 19.8 Å². The molecule has 1 atom stereocenters. The summed E-state index contributed by atoms with van der Waals surface area (Å²) in [5, 5.41) is 13.1. The highest BCUT2D eigenvalue weighted by Gasteiger charge is 2.45. The molecule has 2 aliphatic heterocycles. The van der Waals surface area contributed by atoms with Crippen molar-refractivity contribution in [2.24, 2.45) is 12.5 Å². The molecule has 2 aromatic heterocycles. The number of rotatable bonds is 8. The molecule has 232 valence electrons. The number of piperidine rings is 2. The lowest BCUT2D eigenvalue weighted by Crippen LogP contribution is -2.40. The summed E-state index contributed by atoms with van der Waals surface area (Å²) in [6, 6.07) is 7.41. The van der Waals surface area contributed by atoms with Crippen LogP contribution in [-0.4, -0.2) is 73.7 Å². The highest BCUT2D eigenvalue weighted by Crippen LogP contribution is 2.54. The second kappa shape index (κ2) is 11.0. The number of benzene rings is 1. The molecule has 0 bridgehead atoms. The Balaban J connectivity index is 1.32. The average Bonchev–Trinajstić information content (AvgIpc) is 3.62. The molecule has 1 aromatic carbocycles. The maximum Gasteiger partial charge on any atom is 0.258 e. The zero-order chi connectivity index (χ0) is 30.6. The van der Waals surface area contributed by atoms with E-state index in [0.29, 0.717) is 35.6 Å². The van der Waals surface area contributed by atoms with Gasteiger partial charge in [-0.3, -0.25) is 4.79 Å². The molecular formula is C30H38F2N6O4S. The van der Waals surface area contributed by atoms with Crippen LogP contribution in [-0.2, 0) is 17.1 Å². The number of aliphatic hydroxyl groups excluding tert-OH is 1. The van der Waals surface area contributed by atoms with E-state index in [-0.39, 0.29) is 43.3 Å². The van der Waals surface area contributed by atoms with Crippen molar-refractivity contribution in [1.82, 2.24) is 14.3 Å². The van der Waals surface area contributed by atoms with E-state index >= 15 is 0 Å². The number of pyridine rings is 1. The van der Waals surface area contributed by atoms with Crippen LogP contribution in [0.5, 0.6) is 0 Å². The smallest absolute Gasteiger partial charge is 0.258 e. The highest BCUT2D eigenvalue weighted by molar-refractivity contribution is 7.89. The molecule has 1 saturated carbocycles. The number of hydrogen-bond acceptors (Lipinski definition) is 7. The molecule has 4 heterocycles. The van der Waals surface area contributed by atoms with E-state index in [1.165, 1.54) is 31.0 Å². The van der Waals surface area contributed by atoms with Gasteiger partial charge in [0.05, 0.1) is 28.3 Å². The first-order valence-electron chi connectivity index (χ1n) is 14.8. The number of nitrogens with zero attached hydrogens (tertiary/aromatic N) is 4. The van der Waals surface area contributed by atoms with Crippen molar-refractivity contribution in [2.75, 3.05) is 47.9 Å². The molecule has 6 rings (SSSR count). The first-order chi connectivity index (χ1) is 20.4. The molecule has 3 fully saturated rings. The molecule has 1 amide bonds. The van der Waals surface area contributed by atoms with E-state index in [1.807, 2.05) is 28.8 Å². The summed E-state index contributed by atoms with van der Waals surface area (Å²) in [7, 11) is -2.07. The first kappa shape index (κ1) is 29.8. The Morgan fingerprint density at radius 3 is 2.35 bits per heavy atom. The molecular weight excluding hydrogens is 578 g/mol. The van der Waals surface area contributed by atoms with Gasteiger partial charge in [0.2, 0.25) is 10.0 Å². The van der Waals surface area contributed by atoms with Gasteiger partial charge in [-0.25, -0.2) is 26.9 Å². The van der Waals surface area contributed by atoms with Crippen LogP contribution in [0, 0.1) is 5.41 Å². The zero-order valence-corrected chi connectivity index (χ0v) is 25.3. The van der Waals surface area contributed by atoms with Crippen LogP contribution in [0.25, 0.3) is 10.9 Å². The van der Waals surface area contributed by atoms with Gasteiger partial charge in [-0.1, -0.05) is 0 Å². The molecule has 43 heavy (non-hydrogen) atoms. The third-order valence-electron chi connectivity index (χ3n) is 9.15. The van der Waals surface area contributed by atoms with Gasteiger partial charge in [0, 0.05) is 63.7 Å². The Kier molecular flexibility index (Phi) is 7.62. The number of halogens is 2. The van der Waals surface area contributed by atoms with Crippen LogP contribution in [0.1, 0.15) is 55.8 Å². The number of aryl methyl sites for hydroxylation is 1. The van der Waals surface area contributed by atoms with Crippen LogP contribution in [0.2, 0.25) is 0 Å². The summed E-state index contributed by atoms with van der Waals surface area (Å²) in [5.74, 6) is -2.33. The van der Waals surface area contributed by atoms with E-state index in [2.05, 4.69) is 14.9 Å². The van der Waals surface area contributed by atoms with Gasteiger partial charge in [-0.05, 0) is 68.4 Å². The Morgan fingerprint density at radius 2 is 1.70 bits per heavy atom. The second-order valence-electron chi connectivity index (χ2n) is 12.4. The number of fused-ring (bicyclic) bond motifs is 1. The van der Waals surface area contributed by atoms with Gasteiger partial charge >= 0.3 is 0 Å². The van der Waals surface area contributed by atoms with Crippen LogP contribution in [0.3, 0.4) is 0 Å². The molecule has 0 radical (unpaired) electrons. The standard InChI is InChI=1S/C30H38F2N6O4S/c1-20(19-39)35-43(41,42)22-3-4-23(24(18-22)37-13-8-29(6-7-29)9-14-37)28(40)34-25-17-21-5-12-36(2)26(21)27(33-25)38-15-10-30(31,32)11-16-38/h3-5,12,17-18,20,35,39H,6-11,13-16,19H2,1-2H3,(H,33,34,40)/t20-/m0/s1. The minimum Gasteiger partial charge on any atom is -0.395 e. The molecule has 10 nitrogen and oxygen atoms in total. The fourth-order valence-corrected chi connectivity index (χ4v) is 7.47. The normalized spacial score (nSPS) is 20.4. The summed E-state index contributed by atoms with van der Waals surface area (Å²) in [4.78, 5) is 22.5. The van der Waals surface area contributed by atoms with Crippen molar-refractivity contribution in [3.63, 3.8) is 0 Å². The van der Waals surface area contributed by atoms with Crippen LogP contribution >= 0.6 is 0 Å². The summed E-state index contributed by atoms with van der Waals surface area (Å²) < 4.78 is 58.3. The molecule has 0 unspecified atom stereocenters. The number of sulfonamides is 1. The number of carbonyl (C=O) groups is 1. The molecule has 3 N–H and O–H groups in total. The molecule has 1 spiro atoms. The third kappa shape index (κ3) is 6.07. The average molecular weight is 617 g/mol. The molecule has 3 aromatic rings. The number of hydrogen-bond donors (Lipinski definition) is 3. The largest absolute Gasteiger partial charge is 0.395 e. The first-order valence-corrected chi connectivity index (χ1v) is 16.3. The number of amides is 1. The Labute approximate surface area is 250 Å². The van der Waals surface area contributed by atoms with Crippen molar-refractivity contribution in [3.8, 4) is 0 Å². The maximum absolute atomic E-state index is 13.9. The van der Waals surface area contributed by atoms with E-state index in [4.69, 9.17) is 4.98 Å². The molecule has 13 heteroatoms. The fourth-order valence-electron chi connectivity index (χ4n) is 6.21. The zero-order valence-electron chi connectivity index (χ0n) is 24.4. The van der Waals surface area contributed by atoms with E-state index in [9.17, 15) is 27.1 Å². The van der Waals surface area contributed by atoms with Gasteiger partial charge in [-0.15, -0.1) is 0 Å². The van der Waals surface area contributed by atoms with E-state index < -0.39 is 27.9 Å².